The molecule has 5 nitrogen and oxygen atoms in total. The molecular weight excluding hydrogens is 276 g/mol. The lowest BCUT2D eigenvalue weighted by molar-refractivity contribution is 0.0699. The minimum atomic E-state index is -0.119. The van der Waals surface area contributed by atoms with Crippen LogP contribution in [0.15, 0.2) is 18.3 Å². The largest absolute Gasteiger partial charge is 0.350 e. The van der Waals surface area contributed by atoms with Crippen molar-refractivity contribution in [3.8, 4) is 6.07 Å². The number of likely N-dealkylation sites (N-methyl/N-ethyl adjacent to an activating group) is 1. The van der Waals surface area contributed by atoms with Gasteiger partial charge in [-0.15, -0.1) is 0 Å². The molecule has 1 aliphatic rings. The number of hydrogen-bond acceptors (Lipinski definition) is 4. The normalized spacial score (nSPS) is 17.0. The standard InChI is InChI=1S/C17H24N4O/c1-3-21(2)17(9-5-4-6-10-17)13-20-16(22)14-7-8-15(11-18)19-12-14/h7-8,12H,3-6,9-10,13H2,1-2H3,(H,20,22). The molecule has 2 rings (SSSR count). The zero-order valence-corrected chi connectivity index (χ0v) is 13.4. The number of nitrogens with one attached hydrogen (secondary N) is 1. The van der Waals surface area contributed by atoms with E-state index in [9.17, 15) is 4.79 Å². The fourth-order valence-electron chi connectivity index (χ4n) is 3.18. The number of pyridine rings is 1. The number of carbonyl (C=O) groups is 1. The molecule has 1 fully saturated rings. The maximum absolute atomic E-state index is 12.3. The van der Waals surface area contributed by atoms with Crippen molar-refractivity contribution < 1.29 is 4.79 Å². The van der Waals surface area contributed by atoms with E-state index in [2.05, 4.69) is 29.2 Å². The molecule has 0 aliphatic heterocycles. The first-order valence-corrected chi connectivity index (χ1v) is 7.97. The third-order valence-electron chi connectivity index (χ3n) is 4.79. The van der Waals surface area contributed by atoms with Crippen molar-refractivity contribution in [3.05, 3.63) is 29.6 Å². The van der Waals surface area contributed by atoms with E-state index in [1.54, 1.807) is 12.1 Å². The van der Waals surface area contributed by atoms with E-state index in [0.29, 0.717) is 17.8 Å². The van der Waals surface area contributed by atoms with Crippen molar-refractivity contribution >= 4 is 5.91 Å². The Bertz CT molecular complexity index is 541. The van der Waals surface area contributed by atoms with E-state index < -0.39 is 0 Å². The Hall–Kier alpha value is -1.93. The number of aromatic nitrogens is 1. The van der Waals surface area contributed by atoms with Crippen LogP contribution in [0.5, 0.6) is 0 Å². The topological polar surface area (TPSA) is 69.0 Å². The summed E-state index contributed by atoms with van der Waals surface area (Å²) in [7, 11) is 2.14. The van der Waals surface area contributed by atoms with Gasteiger partial charge >= 0.3 is 0 Å². The first-order chi connectivity index (χ1) is 10.6. The molecule has 1 aromatic rings. The number of nitriles is 1. The van der Waals surface area contributed by atoms with Crippen LogP contribution in [-0.4, -0.2) is 41.5 Å². The van der Waals surface area contributed by atoms with Crippen LogP contribution in [0.25, 0.3) is 0 Å². The summed E-state index contributed by atoms with van der Waals surface area (Å²) in [4.78, 5) is 18.6. The Balaban J connectivity index is 2.02. The summed E-state index contributed by atoms with van der Waals surface area (Å²) < 4.78 is 0. The minimum Gasteiger partial charge on any atom is -0.350 e. The van der Waals surface area contributed by atoms with Crippen molar-refractivity contribution in [1.29, 1.82) is 5.26 Å². The maximum Gasteiger partial charge on any atom is 0.252 e. The van der Waals surface area contributed by atoms with Crippen LogP contribution < -0.4 is 5.32 Å². The van der Waals surface area contributed by atoms with Crippen LogP contribution in [0.1, 0.15) is 55.1 Å². The van der Waals surface area contributed by atoms with Gasteiger partial charge < -0.3 is 5.32 Å². The number of hydrogen-bond donors (Lipinski definition) is 1. The maximum atomic E-state index is 12.3. The molecule has 1 aromatic heterocycles. The number of amides is 1. The summed E-state index contributed by atoms with van der Waals surface area (Å²) in [6, 6.07) is 5.18. The van der Waals surface area contributed by atoms with Crippen LogP contribution >= 0.6 is 0 Å². The average molecular weight is 300 g/mol. The zero-order chi connectivity index (χ0) is 16.0. The molecule has 0 saturated heterocycles. The molecule has 1 amide bonds. The third-order valence-corrected chi connectivity index (χ3v) is 4.79. The fourth-order valence-corrected chi connectivity index (χ4v) is 3.18. The molecule has 118 valence electrons. The van der Waals surface area contributed by atoms with Gasteiger partial charge in [-0.2, -0.15) is 5.26 Å². The number of nitrogens with zero attached hydrogens (tertiary/aromatic N) is 3. The van der Waals surface area contributed by atoms with E-state index in [1.165, 1.54) is 25.5 Å². The number of carbonyl (C=O) groups excluding carboxylic acids is 1. The Morgan fingerprint density at radius 1 is 1.41 bits per heavy atom. The highest BCUT2D eigenvalue weighted by molar-refractivity contribution is 5.93. The molecule has 0 aromatic carbocycles. The van der Waals surface area contributed by atoms with Gasteiger partial charge in [0.05, 0.1) is 5.56 Å². The summed E-state index contributed by atoms with van der Waals surface area (Å²) in [5, 5.41) is 11.8. The van der Waals surface area contributed by atoms with Crippen LogP contribution in [-0.2, 0) is 0 Å². The predicted molar refractivity (Wildman–Crippen MR) is 85.4 cm³/mol. The molecule has 0 bridgehead atoms. The minimum absolute atomic E-state index is 0.0721. The van der Waals surface area contributed by atoms with Gasteiger partial charge in [0.25, 0.3) is 5.91 Å². The second kappa shape index (κ2) is 7.37. The highest BCUT2D eigenvalue weighted by atomic mass is 16.1. The molecule has 22 heavy (non-hydrogen) atoms. The van der Waals surface area contributed by atoms with Gasteiger partial charge in [-0.05, 0) is 38.6 Å². The van der Waals surface area contributed by atoms with Crippen molar-refractivity contribution in [1.82, 2.24) is 15.2 Å². The SMILES string of the molecule is CCN(C)C1(CNC(=O)c2ccc(C#N)nc2)CCCCC1. The molecule has 5 heteroatoms. The second-order valence-electron chi connectivity index (χ2n) is 6.03. The van der Waals surface area contributed by atoms with Gasteiger partial charge in [0.15, 0.2) is 0 Å². The Morgan fingerprint density at radius 3 is 2.68 bits per heavy atom. The molecular formula is C17H24N4O. The molecule has 0 atom stereocenters. The second-order valence-corrected chi connectivity index (χ2v) is 6.03. The first kappa shape index (κ1) is 16.4. The van der Waals surface area contributed by atoms with Gasteiger partial charge in [-0.3, -0.25) is 9.69 Å². The summed E-state index contributed by atoms with van der Waals surface area (Å²) in [6.45, 7) is 3.80. The van der Waals surface area contributed by atoms with Crippen LogP contribution in [0.3, 0.4) is 0 Å². The monoisotopic (exact) mass is 300 g/mol. The van der Waals surface area contributed by atoms with Crippen molar-refractivity contribution in [2.24, 2.45) is 0 Å². The van der Waals surface area contributed by atoms with E-state index in [-0.39, 0.29) is 11.4 Å². The Kier molecular flexibility index (Phi) is 5.51. The summed E-state index contributed by atoms with van der Waals surface area (Å²) >= 11 is 0. The van der Waals surface area contributed by atoms with Crippen molar-refractivity contribution in [2.75, 3.05) is 20.1 Å². The van der Waals surface area contributed by atoms with E-state index in [4.69, 9.17) is 5.26 Å². The summed E-state index contributed by atoms with van der Waals surface area (Å²) in [5.74, 6) is -0.119. The molecule has 0 unspecified atom stereocenters. The summed E-state index contributed by atoms with van der Waals surface area (Å²) in [5.41, 5.74) is 0.901. The van der Waals surface area contributed by atoms with E-state index >= 15 is 0 Å². The Morgan fingerprint density at radius 2 is 2.14 bits per heavy atom. The fraction of sp³-hybridized carbons (Fsp3) is 0.588. The predicted octanol–water partition coefficient (Wildman–Crippen LogP) is 2.34. The van der Waals surface area contributed by atoms with Gasteiger partial charge in [-0.25, -0.2) is 4.98 Å². The van der Waals surface area contributed by atoms with Gasteiger partial charge in [0, 0.05) is 18.3 Å². The van der Waals surface area contributed by atoms with Crippen molar-refractivity contribution in [2.45, 2.75) is 44.6 Å². The highest BCUT2D eigenvalue weighted by Gasteiger charge is 2.35. The van der Waals surface area contributed by atoms with E-state index in [0.717, 1.165) is 19.4 Å². The lowest BCUT2D eigenvalue weighted by Crippen LogP contribution is -2.55. The third kappa shape index (κ3) is 3.63. The van der Waals surface area contributed by atoms with Crippen LogP contribution in [0, 0.1) is 11.3 Å². The van der Waals surface area contributed by atoms with E-state index in [1.807, 2.05) is 6.07 Å². The average Bonchev–Trinajstić information content (AvgIpc) is 2.59. The van der Waals surface area contributed by atoms with Crippen LogP contribution in [0.2, 0.25) is 0 Å². The molecule has 0 spiro atoms. The highest BCUT2D eigenvalue weighted by Crippen LogP contribution is 2.32. The van der Waals surface area contributed by atoms with Crippen molar-refractivity contribution in [3.63, 3.8) is 0 Å². The molecule has 1 N–H and O–H groups in total. The zero-order valence-electron chi connectivity index (χ0n) is 13.4. The lowest BCUT2D eigenvalue weighted by atomic mass is 9.80. The first-order valence-electron chi connectivity index (χ1n) is 7.97. The molecule has 1 aliphatic carbocycles. The summed E-state index contributed by atoms with van der Waals surface area (Å²) in [6.07, 6.45) is 7.45. The van der Waals surface area contributed by atoms with Gasteiger partial charge in [0.1, 0.15) is 11.8 Å². The van der Waals surface area contributed by atoms with Gasteiger partial charge in [0.2, 0.25) is 0 Å². The van der Waals surface area contributed by atoms with Crippen LogP contribution in [0.4, 0.5) is 0 Å². The molecule has 1 heterocycles. The number of rotatable bonds is 5. The van der Waals surface area contributed by atoms with Gasteiger partial charge in [-0.1, -0.05) is 26.2 Å². The smallest absolute Gasteiger partial charge is 0.252 e. The lowest BCUT2D eigenvalue weighted by Gasteiger charge is -2.44. The molecule has 1 saturated carbocycles. The quantitative estimate of drug-likeness (QED) is 0.906. The Labute approximate surface area is 132 Å². The molecule has 0 radical (unpaired) electrons.